The zero-order valence-corrected chi connectivity index (χ0v) is 15.9. The molecule has 0 unspecified atom stereocenters. The molecule has 0 aliphatic heterocycles. The van der Waals surface area contributed by atoms with Crippen LogP contribution in [0.5, 0.6) is 5.75 Å². The van der Waals surface area contributed by atoms with Gasteiger partial charge in [-0.05, 0) is 42.5 Å². The quantitative estimate of drug-likeness (QED) is 0.662. The van der Waals surface area contributed by atoms with Gasteiger partial charge in [-0.3, -0.25) is 10.1 Å². The number of aromatic amines is 1. The number of halogens is 1. The van der Waals surface area contributed by atoms with E-state index in [1.165, 1.54) is 25.0 Å². The number of nitrogens with one attached hydrogen (secondary N) is 1. The van der Waals surface area contributed by atoms with Gasteiger partial charge in [0.2, 0.25) is 0 Å². The Hall–Kier alpha value is -2.69. The van der Waals surface area contributed by atoms with Crippen LogP contribution >= 0.6 is 0 Å². The SMILES string of the molecule is CC(C)(C)c1cc(-c2cc(OCc3ccc(F)cc3)c(C3CC3)cn2)n[nH]1. The summed E-state index contributed by atoms with van der Waals surface area (Å²) >= 11 is 0. The normalized spacial score (nSPS) is 14.4. The number of hydrogen-bond acceptors (Lipinski definition) is 3. The fraction of sp³-hybridized carbons (Fsp3) is 0.364. The predicted octanol–water partition coefficient (Wildman–Crippen LogP) is 5.36. The number of nitrogens with zero attached hydrogens (tertiary/aromatic N) is 2. The van der Waals surface area contributed by atoms with Gasteiger partial charge in [-0.15, -0.1) is 0 Å². The molecule has 27 heavy (non-hydrogen) atoms. The molecule has 1 aliphatic rings. The van der Waals surface area contributed by atoms with E-state index in [0.29, 0.717) is 12.5 Å². The van der Waals surface area contributed by atoms with E-state index in [9.17, 15) is 4.39 Å². The Kier molecular flexibility index (Phi) is 4.46. The minimum Gasteiger partial charge on any atom is -0.488 e. The molecule has 0 saturated heterocycles. The second-order valence-corrected chi connectivity index (χ2v) is 8.21. The highest BCUT2D eigenvalue weighted by atomic mass is 19.1. The number of pyridine rings is 1. The number of aromatic nitrogens is 3. The van der Waals surface area contributed by atoms with E-state index in [0.717, 1.165) is 34.0 Å². The van der Waals surface area contributed by atoms with E-state index in [2.05, 4.69) is 36.0 Å². The largest absolute Gasteiger partial charge is 0.488 e. The van der Waals surface area contributed by atoms with Crippen LogP contribution in [0.2, 0.25) is 0 Å². The first-order valence-electron chi connectivity index (χ1n) is 9.33. The lowest BCUT2D eigenvalue weighted by molar-refractivity contribution is 0.302. The molecule has 0 spiro atoms. The third-order valence-corrected chi connectivity index (χ3v) is 4.87. The molecule has 0 amide bonds. The Labute approximate surface area is 158 Å². The van der Waals surface area contributed by atoms with Gasteiger partial charge in [-0.25, -0.2) is 4.39 Å². The second-order valence-electron chi connectivity index (χ2n) is 8.21. The van der Waals surface area contributed by atoms with E-state index in [4.69, 9.17) is 4.74 Å². The molecule has 1 aromatic carbocycles. The van der Waals surface area contributed by atoms with Gasteiger partial charge < -0.3 is 4.74 Å². The molecular weight excluding hydrogens is 341 g/mol. The van der Waals surface area contributed by atoms with E-state index < -0.39 is 0 Å². The summed E-state index contributed by atoms with van der Waals surface area (Å²) < 4.78 is 19.2. The van der Waals surface area contributed by atoms with Gasteiger partial charge in [0, 0.05) is 28.9 Å². The Morgan fingerprint density at radius 1 is 1.11 bits per heavy atom. The van der Waals surface area contributed by atoms with Crippen LogP contribution in [-0.2, 0) is 12.0 Å². The van der Waals surface area contributed by atoms with Gasteiger partial charge >= 0.3 is 0 Å². The summed E-state index contributed by atoms with van der Waals surface area (Å²) in [7, 11) is 0. The van der Waals surface area contributed by atoms with Crippen molar-refractivity contribution in [1.82, 2.24) is 15.2 Å². The first-order chi connectivity index (χ1) is 12.9. The first-order valence-corrected chi connectivity index (χ1v) is 9.33. The molecular formula is C22H24FN3O. The highest BCUT2D eigenvalue weighted by Gasteiger charge is 2.28. The van der Waals surface area contributed by atoms with Crippen molar-refractivity contribution < 1.29 is 9.13 Å². The van der Waals surface area contributed by atoms with Gasteiger partial charge in [-0.1, -0.05) is 32.9 Å². The zero-order valence-electron chi connectivity index (χ0n) is 15.9. The smallest absolute Gasteiger partial charge is 0.127 e. The van der Waals surface area contributed by atoms with Crippen LogP contribution in [0.15, 0.2) is 42.6 Å². The fourth-order valence-electron chi connectivity index (χ4n) is 2.99. The van der Waals surface area contributed by atoms with Crippen molar-refractivity contribution in [2.75, 3.05) is 0 Å². The van der Waals surface area contributed by atoms with E-state index in [1.807, 2.05) is 18.3 Å². The summed E-state index contributed by atoms with van der Waals surface area (Å²) in [5.41, 5.74) is 4.76. The van der Waals surface area contributed by atoms with Gasteiger partial charge in [0.1, 0.15) is 23.9 Å². The number of H-pyrrole nitrogens is 1. The van der Waals surface area contributed by atoms with Crippen molar-refractivity contribution in [3.05, 3.63) is 65.2 Å². The standard InChI is InChI=1S/C22H24FN3O/c1-22(2,3)21-11-19(25-26-21)18-10-20(17(12-24-18)15-6-7-15)27-13-14-4-8-16(23)9-5-14/h4-5,8-12,15H,6-7,13H2,1-3H3,(H,25,26). The maximum absolute atomic E-state index is 13.1. The van der Waals surface area contributed by atoms with Crippen molar-refractivity contribution in [1.29, 1.82) is 0 Å². The highest BCUT2D eigenvalue weighted by molar-refractivity contribution is 5.58. The minimum atomic E-state index is -0.239. The minimum absolute atomic E-state index is 0.00111. The van der Waals surface area contributed by atoms with Gasteiger partial charge in [-0.2, -0.15) is 5.10 Å². The van der Waals surface area contributed by atoms with Crippen molar-refractivity contribution in [2.45, 2.75) is 51.6 Å². The van der Waals surface area contributed by atoms with E-state index >= 15 is 0 Å². The van der Waals surface area contributed by atoms with Gasteiger partial charge in [0.05, 0.1) is 5.69 Å². The third kappa shape index (κ3) is 4.02. The third-order valence-electron chi connectivity index (χ3n) is 4.87. The van der Waals surface area contributed by atoms with Crippen LogP contribution in [-0.4, -0.2) is 15.2 Å². The van der Waals surface area contributed by atoms with Gasteiger partial charge in [0.15, 0.2) is 0 Å². The fourth-order valence-corrected chi connectivity index (χ4v) is 2.99. The maximum Gasteiger partial charge on any atom is 0.127 e. The van der Waals surface area contributed by atoms with Crippen molar-refractivity contribution >= 4 is 0 Å². The molecule has 5 heteroatoms. The Morgan fingerprint density at radius 3 is 2.48 bits per heavy atom. The van der Waals surface area contributed by atoms with Crippen LogP contribution < -0.4 is 4.74 Å². The lowest BCUT2D eigenvalue weighted by Crippen LogP contribution is -2.11. The summed E-state index contributed by atoms with van der Waals surface area (Å²) in [4.78, 5) is 4.62. The second kappa shape index (κ2) is 6.80. The number of hydrogen-bond donors (Lipinski definition) is 1. The van der Waals surface area contributed by atoms with Gasteiger partial charge in [0.25, 0.3) is 0 Å². The van der Waals surface area contributed by atoms with E-state index in [-0.39, 0.29) is 11.2 Å². The summed E-state index contributed by atoms with van der Waals surface area (Å²) in [5, 5.41) is 7.54. The average Bonchev–Trinajstić information content (AvgIpc) is 3.35. The van der Waals surface area contributed by atoms with Crippen LogP contribution in [0.1, 0.15) is 56.4 Å². The van der Waals surface area contributed by atoms with Crippen molar-refractivity contribution in [3.8, 4) is 17.1 Å². The molecule has 140 valence electrons. The summed E-state index contributed by atoms with van der Waals surface area (Å²) in [6, 6.07) is 10.4. The molecule has 0 atom stereocenters. The monoisotopic (exact) mass is 365 g/mol. The summed E-state index contributed by atoms with van der Waals surface area (Å²) in [6.45, 7) is 6.83. The number of rotatable bonds is 5. The highest BCUT2D eigenvalue weighted by Crippen LogP contribution is 2.45. The Morgan fingerprint density at radius 2 is 1.85 bits per heavy atom. The molecule has 1 saturated carbocycles. The van der Waals surface area contributed by atoms with Crippen LogP contribution in [0.25, 0.3) is 11.4 Å². The molecule has 2 heterocycles. The molecule has 3 aromatic rings. The topological polar surface area (TPSA) is 50.8 Å². The molecule has 0 bridgehead atoms. The summed E-state index contributed by atoms with van der Waals surface area (Å²) in [5.74, 6) is 1.13. The molecule has 4 rings (SSSR count). The van der Waals surface area contributed by atoms with Crippen molar-refractivity contribution in [3.63, 3.8) is 0 Å². The van der Waals surface area contributed by atoms with E-state index in [1.54, 1.807) is 12.1 Å². The lowest BCUT2D eigenvalue weighted by Gasteiger charge is -2.14. The predicted molar refractivity (Wildman–Crippen MR) is 103 cm³/mol. The Balaban J connectivity index is 1.60. The molecule has 1 aliphatic carbocycles. The molecule has 1 fully saturated rings. The molecule has 1 N–H and O–H groups in total. The van der Waals surface area contributed by atoms with Crippen LogP contribution in [0.3, 0.4) is 0 Å². The van der Waals surface area contributed by atoms with Crippen LogP contribution in [0.4, 0.5) is 4.39 Å². The average molecular weight is 365 g/mol. The molecule has 2 aromatic heterocycles. The summed E-state index contributed by atoms with van der Waals surface area (Å²) in [6.07, 6.45) is 4.26. The zero-order chi connectivity index (χ0) is 19.0. The molecule has 0 radical (unpaired) electrons. The lowest BCUT2D eigenvalue weighted by atomic mass is 9.92. The number of ether oxygens (including phenoxy) is 1. The Bertz CT molecular complexity index is 937. The first kappa shape index (κ1) is 17.7. The molecule has 4 nitrogen and oxygen atoms in total. The van der Waals surface area contributed by atoms with Crippen LogP contribution in [0, 0.1) is 5.82 Å². The van der Waals surface area contributed by atoms with Crippen molar-refractivity contribution in [2.24, 2.45) is 0 Å². The maximum atomic E-state index is 13.1. The number of benzene rings is 1.